The minimum absolute atomic E-state index is 0.237. The number of aliphatic carboxylic acids is 1. The van der Waals surface area contributed by atoms with Crippen LogP contribution in [0.2, 0.25) is 0 Å². The summed E-state index contributed by atoms with van der Waals surface area (Å²) in [5.41, 5.74) is 0. The molecule has 0 amide bonds. The molecule has 5 heteroatoms. The van der Waals surface area contributed by atoms with Crippen LogP contribution in [0, 0.1) is 0 Å². The van der Waals surface area contributed by atoms with Crippen LogP contribution in [0.15, 0.2) is 29.3 Å². The number of hydrogen-bond acceptors (Lipinski definition) is 4. The zero-order valence-corrected chi connectivity index (χ0v) is 18.8. The molecule has 0 fully saturated rings. The van der Waals surface area contributed by atoms with Crippen molar-refractivity contribution in [3.63, 3.8) is 0 Å². The number of carboxylic acid groups (broad SMARTS) is 1. The van der Waals surface area contributed by atoms with Gasteiger partial charge in [-0.3, -0.25) is 9.79 Å². The van der Waals surface area contributed by atoms with Crippen LogP contribution in [0.25, 0.3) is 0 Å². The van der Waals surface area contributed by atoms with Crippen LogP contribution < -0.4 is 0 Å². The van der Waals surface area contributed by atoms with Crippen molar-refractivity contribution in [2.75, 3.05) is 26.2 Å². The van der Waals surface area contributed by atoms with E-state index in [-0.39, 0.29) is 6.61 Å². The van der Waals surface area contributed by atoms with E-state index >= 15 is 0 Å². The van der Waals surface area contributed by atoms with Crippen molar-refractivity contribution in [3.8, 4) is 0 Å². The third-order valence-corrected chi connectivity index (χ3v) is 4.75. The number of aliphatic imine (C=N–C) groups is 1. The smallest absolute Gasteiger partial charge is 0.300 e. The van der Waals surface area contributed by atoms with Crippen LogP contribution in [0.5, 0.6) is 0 Å². The van der Waals surface area contributed by atoms with Crippen LogP contribution in [-0.2, 0) is 4.79 Å². The molecule has 1 rings (SSSR count). The molecule has 0 radical (unpaired) electrons. The molecule has 5 nitrogen and oxygen atoms in total. The first-order valence-corrected chi connectivity index (χ1v) is 11.5. The summed E-state index contributed by atoms with van der Waals surface area (Å²) in [5, 5.41) is 16.5. The largest absolute Gasteiger partial charge is 0.481 e. The number of amidine groups is 1. The van der Waals surface area contributed by atoms with E-state index in [9.17, 15) is 0 Å². The quantitative estimate of drug-likeness (QED) is 0.258. The zero-order chi connectivity index (χ0) is 21.6. The van der Waals surface area contributed by atoms with Crippen LogP contribution in [0.1, 0.15) is 90.9 Å². The maximum absolute atomic E-state index is 9.04. The number of nitrogens with zero attached hydrogens (tertiary/aromatic N) is 2. The average molecular weight is 409 g/mol. The van der Waals surface area contributed by atoms with E-state index in [0.29, 0.717) is 0 Å². The van der Waals surface area contributed by atoms with Gasteiger partial charge in [0, 0.05) is 26.4 Å². The summed E-state index contributed by atoms with van der Waals surface area (Å²) in [6, 6.07) is 0. The first-order valence-electron chi connectivity index (χ1n) is 11.5. The monoisotopic (exact) mass is 408 g/mol. The highest BCUT2D eigenvalue weighted by molar-refractivity contribution is 5.83. The predicted octanol–water partition coefficient (Wildman–Crippen LogP) is 5.60. The summed E-state index contributed by atoms with van der Waals surface area (Å²) in [5.74, 6) is 0.389. The van der Waals surface area contributed by atoms with Crippen LogP contribution >= 0.6 is 0 Å². The van der Waals surface area contributed by atoms with E-state index in [1.807, 2.05) is 0 Å². The van der Waals surface area contributed by atoms with Gasteiger partial charge in [0.1, 0.15) is 0 Å². The van der Waals surface area contributed by atoms with Gasteiger partial charge >= 0.3 is 0 Å². The third-order valence-electron chi connectivity index (χ3n) is 4.75. The van der Waals surface area contributed by atoms with Gasteiger partial charge in [-0.2, -0.15) is 0 Å². The van der Waals surface area contributed by atoms with Gasteiger partial charge in [0.2, 0.25) is 0 Å². The molecule has 0 bridgehead atoms. The number of rotatable bonds is 16. The van der Waals surface area contributed by atoms with Gasteiger partial charge in [-0.05, 0) is 38.5 Å². The van der Waals surface area contributed by atoms with Crippen molar-refractivity contribution in [2.45, 2.75) is 90.9 Å². The van der Waals surface area contributed by atoms with Gasteiger partial charge in [-0.25, -0.2) is 0 Å². The Hall–Kier alpha value is -1.62. The van der Waals surface area contributed by atoms with Gasteiger partial charge in [0.15, 0.2) is 0 Å². The van der Waals surface area contributed by atoms with Crippen molar-refractivity contribution in [3.05, 3.63) is 24.3 Å². The zero-order valence-electron chi connectivity index (χ0n) is 18.8. The van der Waals surface area contributed by atoms with Gasteiger partial charge in [0.05, 0.1) is 19.0 Å². The first-order chi connectivity index (χ1) is 14.1. The number of carboxylic acids is 1. The summed E-state index contributed by atoms with van der Waals surface area (Å²) < 4.78 is 0. The average Bonchev–Trinajstić information content (AvgIpc) is 3.12. The minimum Gasteiger partial charge on any atom is -0.481 e. The van der Waals surface area contributed by atoms with Crippen molar-refractivity contribution in [2.24, 2.45) is 4.99 Å². The lowest BCUT2D eigenvalue weighted by Gasteiger charge is -2.18. The molecule has 29 heavy (non-hydrogen) atoms. The Balaban J connectivity index is 0.00000178. The van der Waals surface area contributed by atoms with Crippen LogP contribution in [-0.4, -0.2) is 53.2 Å². The number of hydrogen-bond donors (Lipinski definition) is 2. The van der Waals surface area contributed by atoms with Crippen molar-refractivity contribution in [1.82, 2.24) is 4.90 Å². The van der Waals surface area contributed by atoms with Gasteiger partial charge < -0.3 is 15.1 Å². The second-order valence-electron chi connectivity index (χ2n) is 7.51. The SMILES string of the molecule is CC(=O)O.CCCCCC=CCC=CCCCCCCCC1=NCCN1CCO. The Bertz CT molecular complexity index is 469. The molecule has 0 spiro atoms. The fourth-order valence-electron chi connectivity index (χ4n) is 3.22. The van der Waals surface area contributed by atoms with E-state index < -0.39 is 5.97 Å². The topological polar surface area (TPSA) is 73.1 Å². The molecule has 0 atom stereocenters. The Morgan fingerprint density at radius 1 is 1.00 bits per heavy atom. The normalized spacial score (nSPS) is 13.8. The number of carbonyl (C=O) groups is 1. The number of β-amino-alcohol motifs (C(OH)–C–C–N with tert-alkyl or cyclic N) is 1. The maximum Gasteiger partial charge on any atom is 0.300 e. The molecule has 0 unspecified atom stereocenters. The Labute approximate surface area is 178 Å². The molecular weight excluding hydrogens is 364 g/mol. The molecule has 0 aromatic rings. The number of allylic oxidation sites excluding steroid dienone is 4. The number of unbranched alkanes of at least 4 members (excludes halogenated alkanes) is 8. The highest BCUT2D eigenvalue weighted by Crippen LogP contribution is 2.12. The number of aliphatic hydroxyl groups excluding tert-OH is 1. The molecule has 0 aromatic heterocycles. The van der Waals surface area contributed by atoms with Gasteiger partial charge in [0.25, 0.3) is 5.97 Å². The predicted molar refractivity (Wildman–Crippen MR) is 124 cm³/mol. The maximum atomic E-state index is 9.04. The molecule has 168 valence electrons. The van der Waals surface area contributed by atoms with E-state index in [2.05, 4.69) is 41.1 Å². The van der Waals surface area contributed by atoms with E-state index in [1.54, 1.807) is 0 Å². The molecule has 1 heterocycles. The minimum atomic E-state index is -0.833. The summed E-state index contributed by atoms with van der Waals surface area (Å²) in [6.07, 6.45) is 24.5. The Morgan fingerprint density at radius 2 is 1.59 bits per heavy atom. The summed E-state index contributed by atoms with van der Waals surface area (Å²) >= 11 is 0. The van der Waals surface area contributed by atoms with Crippen molar-refractivity contribution in [1.29, 1.82) is 0 Å². The highest BCUT2D eigenvalue weighted by Gasteiger charge is 2.14. The van der Waals surface area contributed by atoms with Crippen LogP contribution in [0.3, 0.4) is 0 Å². The van der Waals surface area contributed by atoms with Crippen molar-refractivity contribution >= 4 is 11.8 Å². The van der Waals surface area contributed by atoms with E-state index in [4.69, 9.17) is 15.0 Å². The standard InChI is InChI=1S/C22H40N2O.C2H4O2/c1-2-3-4-5-6-7-8-9-10-11-12-13-14-15-16-17-22-23-18-19-24(22)20-21-25;1-2(3)4/h6-7,9-10,25H,2-5,8,11-21H2,1H3;1H3,(H,3,4). The summed E-state index contributed by atoms with van der Waals surface area (Å²) in [6.45, 7) is 6.23. The molecule has 0 aliphatic carbocycles. The van der Waals surface area contributed by atoms with Gasteiger partial charge in [-0.15, -0.1) is 0 Å². The highest BCUT2D eigenvalue weighted by atomic mass is 16.4. The Morgan fingerprint density at radius 3 is 2.21 bits per heavy atom. The number of aliphatic hydroxyl groups is 1. The molecule has 2 N–H and O–H groups in total. The molecule has 0 saturated carbocycles. The van der Waals surface area contributed by atoms with Crippen LogP contribution in [0.4, 0.5) is 0 Å². The molecule has 0 saturated heterocycles. The first kappa shape index (κ1) is 27.4. The lowest BCUT2D eigenvalue weighted by atomic mass is 10.1. The molecular formula is C24H44N2O3. The third kappa shape index (κ3) is 19.5. The molecule has 0 aromatic carbocycles. The molecule has 1 aliphatic rings. The van der Waals surface area contributed by atoms with Crippen molar-refractivity contribution < 1.29 is 15.0 Å². The Kier molecular flexibility index (Phi) is 19.9. The van der Waals surface area contributed by atoms with Gasteiger partial charge in [-0.1, -0.05) is 63.3 Å². The van der Waals surface area contributed by atoms with E-state index in [1.165, 1.54) is 70.0 Å². The second-order valence-corrected chi connectivity index (χ2v) is 7.51. The fraction of sp³-hybridized carbons (Fsp3) is 0.750. The fourth-order valence-corrected chi connectivity index (χ4v) is 3.22. The summed E-state index contributed by atoms with van der Waals surface area (Å²) in [4.78, 5) is 15.8. The van der Waals surface area contributed by atoms with E-state index in [0.717, 1.165) is 39.4 Å². The lowest BCUT2D eigenvalue weighted by Crippen LogP contribution is -2.30. The molecule has 1 aliphatic heterocycles. The second kappa shape index (κ2) is 21.1. The summed E-state index contributed by atoms with van der Waals surface area (Å²) in [7, 11) is 0. The lowest BCUT2D eigenvalue weighted by molar-refractivity contribution is -0.134.